The molecule has 0 atom stereocenters. The number of aromatic nitrogens is 2. The lowest BCUT2D eigenvalue weighted by molar-refractivity contribution is 0.103. The van der Waals surface area contributed by atoms with E-state index in [9.17, 15) is 4.79 Å². The van der Waals surface area contributed by atoms with E-state index in [2.05, 4.69) is 30.1 Å². The fourth-order valence-electron chi connectivity index (χ4n) is 3.25. The molecule has 0 bridgehead atoms. The van der Waals surface area contributed by atoms with Crippen molar-refractivity contribution in [3.63, 3.8) is 0 Å². The summed E-state index contributed by atoms with van der Waals surface area (Å²) in [6, 6.07) is 19.8. The molecule has 0 saturated carbocycles. The van der Waals surface area contributed by atoms with Gasteiger partial charge in [-0.05, 0) is 43.2 Å². The Morgan fingerprint density at radius 3 is 2.62 bits per heavy atom. The molecule has 0 fully saturated rings. The number of carbonyl (C=O) groups is 1. The molecule has 4 rings (SSSR count). The molecule has 2 aromatic heterocycles. The number of hydrogen-bond donors (Lipinski definition) is 0. The van der Waals surface area contributed by atoms with Crippen molar-refractivity contribution in [3.05, 3.63) is 101 Å². The number of para-hydroxylation sites is 1. The predicted octanol–water partition coefficient (Wildman–Crippen LogP) is 4.93. The van der Waals surface area contributed by atoms with Gasteiger partial charge in [0.05, 0.1) is 11.2 Å². The molecule has 0 aliphatic rings. The molecule has 0 unspecified atom stereocenters. The van der Waals surface area contributed by atoms with Crippen LogP contribution >= 0.6 is 0 Å². The van der Waals surface area contributed by atoms with Crippen LogP contribution in [0.2, 0.25) is 0 Å². The van der Waals surface area contributed by atoms with Gasteiger partial charge in [0.1, 0.15) is 0 Å². The minimum absolute atomic E-state index is 0.0413. The highest BCUT2D eigenvalue weighted by molar-refractivity contribution is 6.08. The van der Waals surface area contributed by atoms with E-state index < -0.39 is 0 Å². The first kappa shape index (κ1) is 16.3. The monoisotopic (exact) mass is 340 g/mol. The zero-order valence-corrected chi connectivity index (χ0v) is 14.9. The van der Waals surface area contributed by atoms with E-state index in [-0.39, 0.29) is 5.78 Å². The summed E-state index contributed by atoms with van der Waals surface area (Å²) >= 11 is 0. The zero-order chi connectivity index (χ0) is 18.1. The maximum absolute atomic E-state index is 12.9. The van der Waals surface area contributed by atoms with Crippen molar-refractivity contribution in [2.45, 2.75) is 20.4 Å². The van der Waals surface area contributed by atoms with Crippen LogP contribution in [0.25, 0.3) is 10.9 Å². The molecule has 0 spiro atoms. The highest BCUT2D eigenvalue weighted by Gasteiger charge is 2.13. The van der Waals surface area contributed by atoms with Crippen LogP contribution in [0.4, 0.5) is 0 Å². The minimum Gasteiger partial charge on any atom is -0.340 e. The minimum atomic E-state index is 0.0413. The average molecular weight is 340 g/mol. The second-order valence-corrected chi connectivity index (χ2v) is 6.71. The second kappa shape index (κ2) is 6.60. The molecule has 0 aliphatic carbocycles. The van der Waals surface area contributed by atoms with Crippen molar-refractivity contribution in [3.8, 4) is 0 Å². The first-order chi connectivity index (χ1) is 12.6. The summed E-state index contributed by atoms with van der Waals surface area (Å²) in [7, 11) is 0. The van der Waals surface area contributed by atoms with Gasteiger partial charge in [-0.25, -0.2) is 0 Å². The Morgan fingerprint density at radius 2 is 1.81 bits per heavy atom. The van der Waals surface area contributed by atoms with Crippen LogP contribution < -0.4 is 0 Å². The van der Waals surface area contributed by atoms with E-state index in [1.807, 2.05) is 66.3 Å². The topological polar surface area (TPSA) is 34.9 Å². The standard InChI is InChI=1S/C23H20N2O/c1-16-8-10-19(11-9-16)23(26)21-7-4-12-25(21)15-18-13-20-6-3-5-17(2)22(20)24-14-18/h3-14H,15H2,1-2H3. The lowest BCUT2D eigenvalue weighted by Gasteiger charge is -2.10. The van der Waals surface area contributed by atoms with Crippen LogP contribution in [0.15, 0.2) is 73.1 Å². The van der Waals surface area contributed by atoms with Gasteiger partial charge < -0.3 is 4.57 Å². The van der Waals surface area contributed by atoms with Gasteiger partial charge in [0.2, 0.25) is 5.78 Å². The molecule has 0 amide bonds. The number of fused-ring (bicyclic) bond motifs is 1. The number of carbonyl (C=O) groups excluding carboxylic acids is 1. The van der Waals surface area contributed by atoms with E-state index in [4.69, 9.17) is 0 Å². The number of rotatable bonds is 4. The van der Waals surface area contributed by atoms with Crippen molar-refractivity contribution in [1.29, 1.82) is 0 Å². The third kappa shape index (κ3) is 3.04. The maximum Gasteiger partial charge on any atom is 0.209 e. The fraction of sp³-hybridized carbons (Fsp3) is 0.130. The van der Waals surface area contributed by atoms with Crippen LogP contribution in [0, 0.1) is 13.8 Å². The molecule has 3 nitrogen and oxygen atoms in total. The Kier molecular flexibility index (Phi) is 4.13. The van der Waals surface area contributed by atoms with Crippen molar-refractivity contribution >= 4 is 16.7 Å². The van der Waals surface area contributed by atoms with Gasteiger partial charge in [0.25, 0.3) is 0 Å². The third-order valence-corrected chi connectivity index (χ3v) is 4.70. The van der Waals surface area contributed by atoms with E-state index >= 15 is 0 Å². The molecule has 0 aliphatic heterocycles. The van der Waals surface area contributed by atoms with Gasteiger partial charge in [0.15, 0.2) is 0 Å². The number of hydrogen-bond acceptors (Lipinski definition) is 2. The summed E-state index contributed by atoms with van der Waals surface area (Å²) in [5, 5.41) is 1.13. The van der Waals surface area contributed by atoms with Crippen LogP contribution in [-0.2, 0) is 6.54 Å². The highest BCUT2D eigenvalue weighted by Crippen LogP contribution is 2.19. The molecule has 3 heteroatoms. The number of ketones is 1. The molecule has 128 valence electrons. The number of aryl methyl sites for hydroxylation is 2. The maximum atomic E-state index is 12.9. The SMILES string of the molecule is Cc1ccc(C(=O)c2cccn2Cc2cnc3c(C)cccc3c2)cc1. The lowest BCUT2D eigenvalue weighted by atomic mass is 10.1. The summed E-state index contributed by atoms with van der Waals surface area (Å²) in [5.74, 6) is 0.0413. The van der Waals surface area contributed by atoms with E-state index in [1.54, 1.807) is 0 Å². The smallest absolute Gasteiger partial charge is 0.209 e. The van der Waals surface area contributed by atoms with Crippen LogP contribution in [0.1, 0.15) is 32.7 Å². The molecule has 0 radical (unpaired) electrons. The molecular formula is C23H20N2O. The summed E-state index contributed by atoms with van der Waals surface area (Å²) in [5.41, 5.74) is 5.83. The van der Waals surface area contributed by atoms with E-state index in [1.165, 1.54) is 5.56 Å². The predicted molar refractivity (Wildman–Crippen MR) is 105 cm³/mol. The number of pyridine rings is 1. The van der Waals surface area contributed by atoms with E-state index in [0.717, 1.165) is 22.0 Å². The Labute approximate surface area is 152 Å². The Morgan fingerprint density at radius 1 is 1.00 bits per heavy atom. The molecule has 4 aromatic rings. The summed E-state index contributed by atoms with van der Waals surface area (Å²) in [6.45, 7) is 4.71. The molecule has 26 heavy (non-hydrogen) atoms. The van der Waals surface area contributed by atoms with Gasteiger partial charge in [-0.1, -0.05) is 48.0 Å². The largest absolute Gasteiger partial charge is 0.340 e. The highest BCUT2D eigenvalue weighted by atomic mass is 16.1. The first-order valence-electron chi connectivity index (χ1n) is 8.72. The molecule has 2 aromatic carbocycles. The summed E-state index contributed by atoms with van der Waals surface area (Å²) in [6.07, 6.45) is 3.84. The van der Waals surface area contributed by atoms with E-state index in [0.29, 0.717) is 17.8 Å². The fourth-order valence-corrected chi connectivity index (χ4v) is 3.25. The summed E-state index contributed by atoms with van der Waals surface area (Å²) < 4.78 is 1.99. The molecule has 0 N–H and O–H groups in total. The number of benzene rings is 2. The van der Waals surface area contributed by atoms with Gasteiger partial charge in [0, 0.05) is 29.9 Å². The zero-order valence-electron chi connectivity index (χ0n) is 14.9. The van der Waals surface area contributed by atoms with Crippen LogP contribution in [0.5, 0.6) is 0 Å². The quantitative estimate of drug-likeness (QED) is 0.494. The van der Waals surface area contributed by atoms with Crippen molar-refractivity contribution in [1.82, 2.24) is 9.55 Å². The molecule has 2 heterocycles. The van der Waals surface area contributed by atoms with Gasteiger partial charge >= 0.3 is 0 Å². The Balaban J connectivity index is 1.65. The Hall–Kier alpha value is -3.20. The average Bonchev–Trinajstić information content (AvgIpc) is 3.10. The third-order valence-electron chi connectivity index (χ3n) is 4.70. The van der Waals surface area contributed by atoms with Gasteiger partial charge in [-0.15, -0.1) is 0 Å². The molecule has 0 saturated heterocycles. The van der Waals surface area contributed by atoms with Gasteiger partial charge in [-0.3, -0.25) is 9.78 Å². The Bertz CT molecular complexity index is 1090. The first-order valence-corrected chi connectivity index (χ1v) is 8.72. The normalized spacial score (nSPS) is 11.0. The molecular weight excluding hydrogens is 320 g/mol. The summed E-state index contributed by atoms with van der Waals surface area (Å²) in [4.78, 5) is 17.5. The van der Waals surface area contributed by atoms with Gasteiger partial charge in [-0.2, -0.15) is 0 Å². The number of nitrogens with zero attached hydrogens (tertiary/aromatic N) is 2. The van der Waals surface area contributed by atoms with Crippen molar-refractivity contribution in [2.24, 2.45) is 0 Å². The second-order valence-electron chi connectivity index (χ2n) is 6.71. The van der Waals surface area contributed by atoms with Crippen LogP contribution in [-0.4, -0.2) is 15.3 Å². The van der Waals surface area contributed by atoms with Crippen LogP contribution in [0.3, 0.4) is 0 Å². The van der Waals surface area contributed by atoms with Crippen molar-refractivity contribution < 1.29 is 4.79 Å². The lowest BCUT2D eigenvalue weighted by Crippen LogP contribution is -2.10. The van der Waals surface area contributed by atoms with Crippen molar-refractivity contribution in [2.75, 3.05) is 0 Å².